The standard InChI is InChI=1S/C12H15BrO4/c1-4-7-5-8(13)6-9(11(7)16-2)10(14)12(15)17-3/h5-6,10,14H,4H2,1-3H3. The molecule has 1 atom stereocenters. The summed E-state index contributed by atoms with van der Waals surface area (Å²) in [5, 5.41) is 9.87. The molecule has 0 aliphatic rings. The van der Waals surface area contributed by atoms with Crippen molar-refractivity contribution >= 4 is 21.9 Å². The summed E-state index contributed by atoms with van der Waals surface area (Å²) in [4.78, 5) is 11.3. The lowest BCUT2D eigenvalue weighted by molar-refractivity contribution is -0.150. The van der Waals surface area contributed by atoms with Gasteiger partial charge in [-0.05, 0) is 24.1 Å². The Morgan fingerprint density at radius 1 is 1.47 bits per heavy atom. The van der Waals surface area contributed by atoms with Crippen LogP contribution in [0.4, 0.5) is 0 Å². The van der Waals surface area contributed by atoms with Crippen LogP contribution in [0.3, 0.4) is 0 Å². The molecule has 1 unspecified atom stereocenters. The van der Waals surface area contributed by atoms with Crippen molar-refractivity contribution in [1.82, 2.24) is 0 Å². The molecule has 4 nitrogen and oxygen atoms in total. The summed E-state index contributed by atoms with van der Waals surface area (Å²) in [6, 6.07) is 3.55. The average molecular weight is 303 g/mol. The molecule has 1 N–H and O–H groups in total. The second-order valence-corrected chi connectivity index (χ2v) is 4.38. The van der Waals surface area contributed by atoms with Crippen LogP contribution in [0.25, 0.3) is 0 Å². The summed E-state index contributed by atoms with van der Waals surface area (Å²) in [6.07, 6.45) is -0.596. The van der Waals surface area contributed by atoms with Gasteiger partial charge in [0.05, 0.1) is 14.2 Å². The fraction of sp³-hybridized carbons (Fsp3) is 0.417. The van der Waals surface area contributed by atoms with Gasteiger partial charge in [0, 0.05) is 10.0 Å². The van der Waals surface area contributed by atoms with Gasteiger partial charge in [0.1, 0.15) is 5.75 Å². The van der Waals surface area contributed by atoms with Gasteiger partial charge in [-0.2, -0.15) is 0 Å². The zero-order valence-electron chi connectivity index (χ0n) is 9.99. The summed E-state index contributed by atoms with van der Waals surface area (Å²) in [5.74, 6) is -0.183. The number of rotatable bonds is 4. The molecule has 0 amide bonds. The van der Waals surface area contributed by atoms with Gasteiger partial charge in [-0.1, -0.05) is 22.9 Å². The normalized spacial score (nSPS) is 12.1. The molecule has 0 fully saturated rings. The quantitative estimate of drug-likeness (QED) is 0.867. The van der Waals surface area contributed by atoms with Gasteiger partial charge < -0.3 is 14.6 Å². The highest BCUT2D eigenvalue weighted by Crippen LogP contribution is 2.33. The zero-order valence-corrected chi connectivity index (χ0v) is 11.6. The van der Waals surface area contributed by atoms with Crippen LogP contribution in [0, 0.1) is 0 Å². The Morgan fingerprint density at radius 2 is 2.12 bits per heavy atom. The molecule has 94 valence electrons. The van der Waals surface area contributed by atoms with E-state index in [9.17, 15) is 9.90 Å². The predicted molar refractivity (Wildman–Crippen MR) is 67.0 cm³/mol. The summed E-state index contributed by atoms with van der Waals surface area (Å²) in [6.45, 7) is 1.97. The number of carbonyl (C=O) groups is 1. The van der Waals surface area contributed by atoms with E-state index in [0.29, 0.717) is 11.3 Å². The van der Waals surface area contributed by atoms with E-state index >= 15 is 0 Å². The van der Waals surface area contributed by atoms with Crippen LogP contribution < -0.4 is 4.74 Å². The summed E-state index contributed by atoms with van der Waals surface area (Å²) in [7, 11) is 2.74. The lowest BCUT2D eigenvalue weighted by Crippen LogP contribution is -2.15. The maximum Gasteiger partial charge on any atom is 0.339 e. The van der Waals surface area contributed by atoms with Crippen LogP contribution in [0.1, 0.15) is 24.2 Å². The number of benzene rings is 1. The number of aliphatic hydroxyl groups excluding tert-OH is 1. The van der Waals surface area contributed by atoms with Crippen molar-refractivity contribution in [2.45, 2.75) is 19.4 Å². The molecular weight excluding hydrogens is 288 g/mol. The van der Waals surface area contributed by atoms with Crippen molar-refractivity contribution in [3.05, 3.63) is 27.7 Å². The Bertz CT molecular complexity index is 417. The van der Waals surface area contributed by atoms with Crippen LogP contribution in [0.2, 0.25) is 0 Å². The Morgan fingerprint density at radius 3 is 2.59 bits per heavy atom. The van der Waals surface area contributed by atoms with E-state index in [1.54, 1.807) is 6.07 Å². The van der Waals surface area contributed by atoms with Crippen LogP contribution in [-0.2, 0) is 16.0 Å². The van der Waals surface area contributed by atoms with E-state index < -0.39 is 12.1 Å². The van der Waals surface area contributed by atoms with Gasteiger partial charge in [0.15, 0.2) is 6.10 Å². The topological polar surface area (TPSA) is 55.8 Å². The third kappa shape index (κ3) is 2.98. The van der Waals surface area contributed by atoms with Gasteiger partial charge in [-0.25, -0.2) is 4.79 Å². The molecule has 0 heterocycles. The number of halogens is 1. The van der Waals surface area contributed by atoms with E-state index in [2.05, 4.69) is 20.7 Å². The fourth-order valence-electron chi connectivity index (χ4n) is 1.63. The van der Waals surface area contributed by atoms with Crippen LogP contribution in [-0.4, -0.2) is 25.3 Å². The number of hydrogen-bond acceptors (Lipinski definition) is 4. The Hall–Kier alpha value is -1.07. The monoisotopic (exact) mass is 302 g/mol. The predicted octanol–water partition coefficient (Wildman–Crippen LogP) is 2.23. The Balaban J connectivity index is 3.30. The second kappa shape index (κ2) is 6.02. The first-order valence-electron chi connectivity index (χ1n) is 5.17. The number of esters is 1. The van der Waals surface area contributed by atoms with Gasteiger partial charge in [0.25, 0.3) is 0 Å². The van der Waals surface area contributed by atoms with Crippen molar-refractivity contribution < 1.29 is 19.4 Å². The first-order chi connectivity index (χ1) is 8.04. The largest absolute Gasteiger partial charge is 0.496 e. The van der Waals surface area contributed by atoms with Crippen molar-refractivity contribution in [2.24, 2.45) is 0 Å². The first-order valence-corrected chi connectivity index (χ1v) is 5.96. The van der Waals surface area contributed by atoms with Crippen LogP contribution >= 0.6 is 15.9 Å². The third-order valence-corrected chi connectivity index (χ3v) is 2.92. The van der Waals surface area contributed by atoms with E-state index in [0.717, 1.165) is 16.5 Å². The highest BCUT2D eigenvalue weighted by Gasteiger charge is 2.24. The number of aliphatic hydroxyl groups is 1. The maximum absolute atomic E-state index is 11.3. The van der Waals surface area contributed by atoms with Crippen LogP contribution in [0.5, 0.6) is 5.75 Å². The van der Waals surface area contributed by atoms with Gasteiger partial charge in [0.2, 0.25) is 0 Å². The summed E-state index contributed by atoms with van der Waals surface area (Å²) in [5.41, 5.74) is 1.32. The molecule has 5 heteroatoms. The average Bonchev–Trinajstić information content (AvgIpc) is 2.35. The minimum atomic E-state index is -1.34. The van der Waals surface area contributed by atoms with Crippen molar-refractivity contribution in [3.8, 4) is 5.75 Å². The van der Waals surface area contributed by atoms with Crippen LogP contribution in [0.15, 0.2) is 16.6 Å². The molecule has 0 saturated carbocycles. The van der Waals surface area contributed by atoms with E-state index in [1.807, 2.05) is 13.0 Å². The summed E-state index contributed by atoms with van der Waals surface area (Å²) >= 11 is 3.34. The number of hydrogen-bond donors (Lipinski definition) is 1. The molecule has 0 saturated heterocycles. The molecule has 0 aliphatic carbocycles. The lowest BCUT2D eigenvalue weighted by Gasteiger charge is -2.16. The lowest BCUT2D eigenvalue weighted by atomic mass is 10.0. The maximum atomic E-state index is 11.3. The molecule has 1 aromatic rings. The van der Waals surface area contributed by atoms with Crippen molar-refractivity contribution in [2.75, 3.05) is 14.2 Å². The van der Waals surface area contributed by atoms with E-state index in [-0.39, 0.29) is 0 Å². The van der Waals surface area contributed by atoms with Gasteiger partial charge in [-0.15, -0.1) is 0 Å². The van der Waals surface area contributed by atoms with Gasteiger partial charge >= 0.3 is 5.97 Å². The fourth-order valence-corrected chi connectivity index (χ4v) is 2.15. The smallest absolute Gasteiger partial charge is 0.339 e. The van der Waals surface area contributed by atoms with Crippen molar-refractivity contribution in [1.29, 1.82) is 0 Å². The first kappa shape index (κ1) is 14.0. The Labute approximate surface area is 109 Å². The highest BCUT2D eigenvalue weighted by molar-refractivity contribution is 9.10. The third-order valence-electron chi connectivity index (χ3n) is 2.46. The molecule has 0 spiro atoms. The Kier molecular flexibility index (Phi) is 4.96. The molecule has 0 aliphatic heterocycles. The number of methoxy groups -OCH3 is 2. The number of carbonyl (C=O) groups excluding carboxylic acids is 1. The minimum Gasteiger partial charge on any atom is -0.496 e. The van der Waals surface area contributed by atoms with Gasteiger partial charge in [-0.3, -0.25) is 0 Å². The second-order valence-electron chi connectivity index (χ2n) is 3.47. The SMILES string of the molecule is CCc1cc(Br)cc(C(O)C(=O)OC)c1OC. The molecule has 0 radical (unpaired) electrons. The summed E-state index contributed by atoms with van der Waals surface area (Å²) < 4.78 is 10.6. The molecule has 1 aromatic carbocycles. The molecule has 0 aromatic heterocycles. The zero-order chi connectivity index (χ0) is 13.0. The van der Waals surface area contributed by atoms with E-state index in [4.69, 9.17) is 4.74 Å². The number of aryl methyl sites for hydroxylation is 1. The van der Waals surface area contributed by atoms with E-state index in [1.165, 1.54) is 14.2 Å². The number of ether oxygens (including phenoxy) is 2. The highest BCUT2D eigenvalue weighted by atomic mass is 79.9. The molecular formula is C12H15BrO4. The van der Waals surface area contributed by atoms with Crippen molar-refractivity contribution in [3.63, 3.8) is 0 Å². The molecule has 1 rings (SSSR count). The molecule has 17 heavy (non-hydrogen) atoms. The molecule has 0 bridgehead atoms. The minimum absolute atomic E-state index is 0.408.